The molecule has 1 fully saturated rings. The number of imidazole rings is 1. The van der Waals surface area contributed by atoms with E-state index in [1.807, 2.05) is 18.2 Å². The molecule has 5 rings (SSSR count). The average Bonchev–Trinajstić information content (AvgIpc) is 3.23. The van der Waals surface area contributed by atoms with Gasteiger partial charge in [-0.05, 0) is 44.0 Å². The molecular weight excluding hydrogens is 432 g/mol. The summed E-state index contributed by atoms with van der Waals surface area (Å²) in [5.74, 6) is 6.55. The molecule has 1 aliphatic rings. The Labute approximate surface area is 195 Å². The molecule has 0 radical (unpaired) electrons. The van der Waals surface area contributed by atoms with Crippen molar-refractivity contribution in [3.05, 3.63) is 57.0 Å². The van der Waals surface area contributed by atoms with Gasteiger partial charge >= 0.3 is 5.69 Å². The molecule has 1 atom stereocenters. The minimum Gasteiger partial charge on any atom is -0.341 e. The first-order chi connectivity index (χ1) is 16.5. The van der Waals surface area contributed by atoms with Gasteiger partial charge in [0, 0.05) is 37.8 Å². The van der Waals surface area contributed by atoms with Crippen LogP contribution in [0.15, 0.2) is 40.1 Å². The molecule has 1 saturated heterocycles. The molecule has 10 nitrogen and oxygen atoms in total. The summed E-state index contributed by atoms with van der Waals surface area (Å²) in [6.07, 6.45) is 3.55. The lowest BCUT2D eigenvalue weighted by atomic mass is 10.1. The molecule has 0 bridgehead atoms. The highest BCUT2D eigenvalue weighted by Crippen LogP contribution is 2.23. The van der Waals surface area contributed by atoms with Gasteiger partial charge in [-0.25, -0.2) is 14.8 Å². The zero-order valence-corrected chi connectivity index (χ0v) is 19.2. The normalized spacial score (nSPS) is 16.1. The maximum Gasteiger partial charge on any atom is 0.332 e. The van der Waals surface area contributed by atoms with E-state index in [0.29, 0.717) is 41.5 Å². The molecule has 2 N–H and O–H groups in total. The highest BCUT2D eigenvalue weighted by atomic mass is 16.2. The van der Waals surface area contributed by atoms with Crippen molar-refractivity contribution in [2.45, 2.75) is 38.9 Å². The van der Waals surface area contributed by atoms with Crippen LogP contribution < -0.4 is 21.9 Å². The van der Waals surface area contributed by atoms with Gasteiger partial charge in [0.15, 0.2) is 16.8 Å². The van der Waals surface area contributed by atoms with Gasteiger partial charge in [0.25, 0.3) is 5.56 Å². The first-order valence-electron chi connectivity index (χ1n) is 11.3. The summed E-state index contributed by atoms with van der Waals surface area (Å²) in [5, 5.41) is 0.891. The second-order valence-electron chi connectivity index (χ2n) is 8.53. The van der Waals surface area contributed by atoms with E-state index >= 15 is 0 Å². The summed E-state index contributed by atoms with van der Waals surface area (Å²) in [4.78, 5) is 42.5. The number of piperidine rings is 1. The van der Waals surface area contributed by atoms with Crippen molar-refractivity contribution in [3.63, 3.8) is 0 Å². The van der Waals surface area contributed by atoms with Gasteiger partial charge in [0.2, 0.25) is 5.95 Å². The molecule has 4 aromatic rings. The molecule has 34 heavy (non-hydrogen) atoms. The number of rotatable bonds is 4. The molecule has 5 heterocycles. The van der Waals surface area contributed by atoms with E-state index in [9.17, 15) is 9.59 Å². The molecule has 4 aromatic heterocycles. The smallest absolute Gasteiger partial charge is 0.332 e. The van der Waals surface area contributed by atoms with Gasteiger partial charge in [-0.2, -0.15) is 4.98 Å². The van der Waals surface area contributed by atoms with Crippen molar-refractivity contribution in [1.29, 1.82) is 0 Å². The molecule has 0 aromatic carbocycles. The van der Waals surface area contributed by atoms with Crippen LogP contribution in [0.1, 0.15) is 25.5 Å². The van der Waals surface area contributed by atoms with Gasteiger partial charge in [-0.1, -0.05) is 5.92 Å². The fraction of sp³-hybridized carbons (Fsp3) is 0.375. The molecule has 0 aliphatic carbocycles. The maximum absolute atomic E-state index is 13.7. The largest absolute Gasteiger partial charge is 0.341 e. The van der Waals surface area contributed by atoms with Crippen molar-refractivity contribution in [3.8, 4) is 11.8 Å². The monoisotopic (exact) mass is 458 g/mol. The molecule has 0 spiro atoms. The van der Waals surface area contributed by atoms with Gasteiger partial charge in [-0.15, -0.1) is 5.92 Å². The van der Waals surface area contributed by atoms with Crippen molar-refractivity contribution in [1.82, 2.24) is 28.7 Å². The number of anilines is 1. The molecule has 174 valence electrons. The predicted molar refractivity (Wildman–Crippen MR) is 131 cm³/mol. The third-order valence-electron chi connectivity index (χ3n) is 6.21. The molecule has 10 heteroatoms. The lowest BCUT2D eigenvalue weighted by Gasteiger charge is -2.31. The lowest BCUT2D eigenvalue weighted by Crippen LogP contribution is -2.44. The third kappa shape index (κ3) is 3.74. The Morgan fingerprint density at radius 3 is 2.82 bits per heavy atom. The van der Waals surface area contributed by atoms with Gasteiger partial charge in [0.05, 0.1) is 18.8 Å². The molecule has 0 amide bonds. The molecule has 1 aliphatic heterocycles. The number of fused-ring (bicyclic) bond motifs is 2. The highest BCUT2D eigenvalue weighted by molar-refractivity contribution is 5.75. The molecule has 1 unspecified atom stereocenters. The summed E-state index contributed by atoms with van der Waals surface area (Å²) >= 11 is 0. The number of hydrogen-bond donors (Lipinski definition) is 1. The maximum atomic E-state index is 13.7. The van der Waals surface area contributed by atoms with Crippen LogP contribution in [-0.4, -0.2) is 47.8 Å². The summed E-state index contributed by atoms with van der Waals surface area (Å²) < 4.78 is 4.42. The van der Waals surface area contributed by atoms with E-state index in [-0.39, 0.29) is 12.6 Å². The Balaban J connectivity index is 1.68. The summed E-state index contributed by atoms with van der Waals surface area (Å²) in [6.45, 7) is 3.50. The second kappa shape index (κ2) is 8.76. The van der Waals surface area contributed by atoms with E-state index in [1.54, 1.807) is 30.8 Å². The highest BCUT2D eigenvalue weighted by Gasteiger charge is 2.26. The topological polar surface area (TPSA) is 117 Å². The quantitative estimate of drug-likeness (QED) is 0.450. The summed E-state index contributed by atoms with van der Waals surface area (Å²) in [5.41, 5.74) is 7.16. The average molecular weight is 459 g/mol. The van der Waals surface area contributed by atoms with E-state index in [0.717, 1.165) is 24.8 Å². The number of aromatic nitrogens is 6. The van der Waals surface area contributed by atoms with Gasteiger partial charge in [-0.3, -0.25) is 18.5 Å². The minimum atomic E-state index is -0.450. The predicted octanol–water partition coefficient (Wildman–Crippen LogP) is 0.839. The van der Waals surface area contributed by atoms with Crippen LogP contribution in [0.4, 0.5) is 5.95 Å². The van der Waals surface area contributed by atoms with E-state index < -0.39 is 11.2 Å². The standard InChI is InChI=1S/C24H26N8O2/c1-3-4-13-31-19-21(28-23(31)30-12-6-8-17(25)14-30)29(2)24(34)32(22(19)33)15-18-10-9-16-7-5-11-26-20(16)27-18/h5,7,9-11,17H,6,8,12-15,25H2,1-2H3. The van der Waals surface area contributed by atoms with Crippen molar-refractivity contribution < 1.29 is 0 Å². The van der Waals surface area contributed by atoms with Crippen LogP contribution >= 0.6 is 0 Å². The van der Waals surface area contributed by atoms with Gasteiger partial charge < -0.3 is 10.6 Å². The minimum absolute atomic E-state index is 0.0303. The number of nitrogens with two attached hydrogens (primary N) is 1. The fourth-order valence-corrected chi connectivity index (χ4v) is 4.48. The van der Waals surface area contributed by atoms with Crippen molar-refractivity contribution >= 4 is 28.1 Å². The van der Waals surface area contributed by atoms with Crippen LogP contribution in [0.3, 0.4) is 0 Å². The Morgan fingerprint density at radius 2 is 2.03 bits per heavy atom. The second-order valence-corrected chi connectivity index (χ2v) is 8.53. The molecular formula is C24H26N8O2. The van der Waals surface area contributed by atoms with Crippen LogP contribution in [0.5, 0.6) is 0 Å². The van der Waals surface area contributed by atoms with E-state index in [1.165, 1.54) is 9.13 Å². The Hall–Kier alpha value is -3.97. The number of aryl methyl sites for hydroxylation is 1. The first kappa shape index (κ1) is 21.9. The van der Waals surface area contributed by atoms with Crippen LogP contribution in [0, 0.1) is 11.8 Å². The molecule has 0 saturated carbocycles. The van der Waals surface area contributed by atoms with Crippen LogP contribution in [-0.2, 0) is 20.1 Å². The number of nitrogens with zero attached hydrogens (tertiary/aromatic N) is 7. The zero-order valence-electron chi connectivity index (χ0n) is 19.2. The van der Waals surface area contributed by atoms with E-state index in [2.05, 4.69) is 26.7 Å². The van der Waals surface area contributed by atoms with Crippen molar-refractivity contribution in [2.24, 2.45) is 12.8 Å². The first-order valence-corrected chi connectivity index (χ1v) is 11.3. The zero-order chi connectivity index (χ0) is 23.8. The fourth-order valence-electron chi connectivity index (χ4n) is 4.48. The van der Waals surface area contributed by atoms with Gasteiger partial charge in [0.1, 0.15) is 0 Å². The van der Waals surface area contributed by atoms with Crippen LogP contribution in [0.2, 0.25) is 0 Å². The Kier molecular flexibility index (Phi) is 5.63. The Bertz CT molecular complexity index is 1570. The number of hydrogen-bond acceptors (Lipinski definition) is 7. The third-order valence-corrected chi connectivity index (χ3v) is 6.21. The van der Waals surface area contributed by atoms with Crippen molar-refractivity contribution in [2.75, 3.05) is 18.0 Å². The summed E-state index contributed by atoms with van der Waals surface area (Å²) in [7, 11) is 1.63. The summed E-state index contributed by atoms with van der Waals surface area (Å²) in [6, 6.07) is 7.48. The SMILES string of the molecule is CC#CCn1c(N2CCCC(N)C2)nc2c1c(=O)n(Cc1ccc3cccnc3n1)c(=O)n2C. The van der Waals surface area contributed by atoms with E-state index in [4.69, 9.17) is 10.7 Å². The lowest BCUT2D eigenvalue weighted by molar-refractivity contribution is 0.496. The Morgan fingerprint density at radius 1 is 1.18 bits per heavy atom. The van der Waals surface area contributed by atoms with Crippen LogP contribution in [0.25, 0.3) is 22.2 Å². The number of pyridine rings is 2.